The zero-order valence-electron chi connectivity index (χ0n) is 12.1. The van der Waals surface area contributed by atoms with Crippen molar-refractivity contribution in [2.24, 2.45) is 0 Å². The number of anilines is 1. The summed E-state index contributed by atoms with van der Waals surface area (Å²) in [6.45, 7) is 0.839. The number of imidazole rings is 1. The summed E-state index contributed by atoms with van der Waals surface area (Å²) in [4.78, 5) is 12.1. The van der Waals surface area contributed by atoms with Gasteiger partial charge < -0.3 is 10.3 Å². The van der Waals surface area contributed by atoms with Crippen LogP contribution in [0.2, 0.25) is 0 Å². The van der Waals surface area contributed by atoms with Crippen molar-refractivity contribution in [2.45, 2.75) is 6.54 Å². The number of rotatable bonds is 4. The van der Waals surface area contributed by atoms with Gasteiger partial charge in [-0.05, 0) is 68.7 Å². The van der Waals surface area contributed by atoms with Gasteiger partial charge in [0.05, 0.1) is 5.52 Å². The Bertz CT molecular complexity index is 929. The lowest BCUT2D eigenvalue weighted by atomic mass is 10.2. The summed E-state index contributed by atoms with van der Waals surface area (Å²) in [6.07, 6.45) is 1.75. The van der Waals surface area contributed by atoms with Crippen LogP contribution in [0.4, 0.5) is 5.69 Å². The van der Waals surface area contributed by atoms with Gasteiger partial charge >= 0.3 is 0 Å². The fourth-order valence-electron chi connectivity index (χ4n) is 2.35. The SMILES string of the molecule is Brc1cnc2nc(-c3ccc(NCc4ccsc4)cc3)[nH]c2c1. The maximum absolute atomic E-state index is 4.53. The number of benzene rings is 1. The molecule has 6 heteroatoms. The number of nitrogens with zero attached hydrogens (tertiary/aromatic N) is 2. The highest BCUT2D eigenvalue weighted by molar-refractivity contribution is 9.10. The summed E-state index contributed by atoms with van der Waals surface area (Å²) in [7, 11) is 0. The van der Waals surface area contributed by atoms with Crippen molar-refractivity contribution >= 4 is 44.1 Å². The van der Waals surface area contributed by atoms with Crippen LogP contribution in [0.25, 0.3) is 22.6 Å². The fourth-order valence-corrected chi connectivity index (χ4v) is 3.35. The van der Waals surface area contributed by atoms with Crippen LogP contribution >= 0.6 is 27.3 Å². The van der Waals surface area contributed by atoms with Crippen molar-refractivity contribution in [3.8, 4) is 11.4 Å². The topological polar surface area (TPSA) is 53.6 Å². The molecule has 2 N–H and O–H groups in total. The first-order valence-electron chi connectivity index (χ1n) is 7.14. The second kappa shape index (κ2) is 6.14. The van der Waals surface area contributed by atoms with Crippen LogP contribution in [0, 0.1) is 0 Å². The molecule has 0 aliphatic carbocycles. The molecule has 4 aromatic rings. The number of halogens is 1. The molecule has 114 valence electrons. The summed E-state index contributed by atoms with van der Waals surface area (Å²) in [5.74, 6) is 0.829. The smallest absolute Gasteiger partial charge is 0.178 e. The first kappa shape index (κ1) is 14.4. The molecule has 3 heterocycles. The normalized spacial score (nSPS) is 11.0. The van der Waals surface area contributed by atoms with E-state index < -0.39 is 0 Å². The second-order valence-corrected chi connectivity index (χ2v) is 6.87. The lowest BCUT2D eigenvalue weighted by Crippen LogP contribution is -1.97. The fraction of sp³-hybridized carbons (Fsp3) is 0.0588. The molecule has 4 nitrogen and oxygen atoms in total. The molecule has 4 rings (SSSR count). The molecule has 0 aliphatic rings. The van der Waals surface area contributed by atoms with Crippen molar-refractivity contribution in [1.82, 2.24) is 15.0 Å². The van der Waals surface area contributed by atoms with E-state index in [0.29, 0.717) is 0 Å². The van der Waals surface area contributed by atoms with Gasteiger partial charge in [-0.1, -0.05) is 0 Å². The Morgan fingerprint density at radius 3 is 2.83 bits per heavy atom. The maximum Gasteiger partial charge on any atom is 0.178 e. The van der Waals surface area contributed by atoms with Crippen molar-refractivity contribution in [3.63, 3.8) is 0 Å². The van der Waals surface area contributed by atoms with E-state index in [0.717, 1.165) is 39.3 Å². The molecule has 0 fully saturated rings. The lowest BCUT2D eigenvalue weighted by Gasteiger charge is -2.05. The zero-order valence-corrected chi connectivity index (χ0v) is 14.5. The monoisotopic (exact) mass is 384 g/mol. The minimum atomic E-state index is 0.725. The Labute approximate surface area is 145 Å². The molecule has 0 spiro atoms. The predicted molar refractivity (Wildman–Crippen MR) is 98.7 cm³/mol. The minimum Gasteiger partial charge on any atom is -0.381 e. The quantitative estimate of drug-likeness (QED) is 0.516. The third kappa shape index (κ3) is 3.13. The van der Waals surface area contributed by atoms with Gasteiger partial charge in [-0.25, -0.2) is 9.97 Å². The number of H-pyrrole nitrogens is 1. The summed E-state index contributed by atoms with van der Waals surface area (Å²) >= 11 is 5.14. The molecule has 0 saturated carbocycles. The maximum atomic E-state index is 4.53. The van der Waals surface area contributed by atoms with Crippen LogP contribution < -0.4 is 5.32 Å². The Kier molecular flexibility index (Phi) is 3.85. The van der Waals surface area contributed by atoms with E-state index in [-0.39, 0.29) is 0 Å². The molecule has 0 saturated heterocycles. The van der Waals surface area contributed by atoms with Crippen LogP contribution in [0.5, 0.6) is 0 Å². The standard InChI is InChI=1S/C17H13BrN4S/c18-13-7-15-17(20-9-13)22-16(21-15)12-1-3-14(4-2-12)19-8-11-5-6-23-10-11/h1-7,9-10,19H,8H2,(H,20,21,22). The highest BCUT2D eigenvalue weighted by Gasteiger charge is 2.06. The number of hydrogen-bond acceptors (Lipinski definition) is 4. The molecule has 3 aromatic heterocycles. The molecule has 1 aromatic carbocycles. The molecule has 0 atom stereocenters. The van der Waals surface area contributed by atoms with Gasteiger partial charge in [-0.15, -0.1) is 0 Å². The third-order valence-electron chi connectivity index (χ3n) is 3.54. The van der Waals surface area contributed by atoms with Gasteiger partial charge in [0.15, 0.2) is 5.65 Å². The minimum absolute atomic E-state index is 0.725. The van der Waals surface area contributed by atoms with E-state index in [2.05, 4.69) is 77.3 Å². The molecule has 0 unspecified atom stereocenters. The van der Waals surface area contributed by atoms with Crippen molar-refractivity contribution < 1.29 is 0 Å². The summed E-state index contributed by atoms with van der Waals surface area (Å²) in [5, 5.41) is 7.66. The van der Waals surface area contributed by atoms with Crippen LogP contribution in [0.1, 0.15) is 5.56 Å². The Morgan fingerprint density at radius 2 is 2.04 bits per heavy atom. The molecule has 0 amide bonds. The number of hydrogen-bond donors (Lipinski definition) is 2. The highest BCUT2D eigenvalue weighted by Crippen LogP contribution is 2.23. The lowest BCUT2D eigenvalue weighted by molar-refractivity contribution is 1.16. The first-order chi connectivity index (χ1) is 11.3. The number of aromatic nitrogens is 3. The summed E-state index contributed by atoms with van der Waals surface area (Å²) in [6, 6.07) is 12.4. The van der Waals surface area contributed by atoms with Crippen LogP contribution in [-0.4, -0.2) is 15.0 Å². The van der Waals surface area contributed by atoms with E-state index in [9.17, 15) is 0 Å². The van der Waals surface area contributed by atoms with Gasteiger partial charge in [-0.2, -0.15) is 11.3 Å². The molecule has 23 heavy (non-hydrogen) atoms. The van der Waals surface area contributed by atoms with Gasteiger partial charge in [0.25, 0.3) is 0 Å². The Hall–Kier alpha value is -2.18. The molecule has 0 bridgehead atoms. The summed E-state index contributed by atoms with van der Waals surface area (Å²) in [5.41, 5.74) is 5.09. The number of aromatic amines is 1. The molecular weight excluding hydrogens is 372 g/mol. The highest BCUT2D eigenvalue weighted by atomic mass is 79.9. The summed E-state index contributed by atoms with van der Waals surface area (Å²) < 4.78 is 0.938. The number of nitrogens with one attached hydrogen (secondary N) is 2. The number of fused-ring (bicyclic) bond motifs is 1. The van der Waals surface area contributed by atoms with Crippen molar-refractivity contribution in [2.75, 3.05) is 5.32 Å². The van der Waals surface area contributed by atoms with E-state index in [1.165, 1.54) is 5.56 Å². The molecule has 0 radical (unpaired) electrons. The second-order valence-electron chi connectivity index (χ2n) is 5.17. The van der Waals surface area contributed by atoms with E-state index >= 15 is 0 Å². The molecular formula is C17H13BrN4S. The number of pyridine rings is 1. The zero-order chi connectivity index (χ0) is 15.6. The van der Waals surface area contributed by atoms with E-state index in [4.69, 9.17) is 0 Å². The Balaban J connectivity index is 1.54. The predicted octanol–water partition coefficient (Wildman–Crippen LogP) is 5.06. The average molecular weight is 385 g/mol. The number of thiophene rings is 1. The molecule has 0 aliphatic heterocycles. The third-order valence-corrected chi connectivity index (χ3v) is 4.70. The van der Waals surface area contributed by atoms with Gasteiger partial charge in [0, 0.05) is 28.5 Å². The van der Waals surface area contributed by atoms with Gasteiger partial charge in [0.2, 0.25) is 0 Å². The van der Waals surface area contributed by atoms with Crippen LogP contribution in [0.3, 0.4) is 0 Å². The van der Waals surface area contributed by atoms with Gasteiger partial charge in [0.1, 0.15) is 5.82 Å². The van der Waals surface area contributed by atoms with Crippen molar-refractivity contribution in [3.05, 3.63) is 63.4 Å². The van der Waals surface area contributed by atoms with Crippen LogP contribution in [0.15, 0.2) is 57.8 Å². The van der Waals surface area contributed by atoms with Crippen molar-refractivity contribution in [1.29, 1.82) is 0 Å². The Morgan fingerprint density at radius 1 is 1.17 bits per heavy atom. The van der Waals surface area contributed by atoms with E-state index in [1.807, 2.05) is 6.07 Å². The van der Waals surface area contributed by atoms with Gasteiger partial charge in [-0.3, -0.25) is 0 Å². The first-order valence-corrected chi connectivity index (χ1v) is 8.88. The van der Waals surface area contributed by atoms with E-state index in [1.54, 1.807) is 17.5 Å². The average Bonchev–Trinajstić information content (AvgIpc) is 3.22. The largest absolute Gasteiger partial charge is 0.381 e. The van der Waals surface area contributed by atoms with Crippen LogP contribution in [-0.2, 0) is 6.54 Å².